The van der Waals surface area contributed by atoms with Gasteiger partial charge in [0.25, 0.3) is 10.0 Å². The quantitative estimate of drug-likeness (QED) is 0.252. The van der Waals surface area contributed by atoms with Gasteiger partial charge in [0, 0.05) is 37.3 Å². The Morgan fingerprint density at radius 3 is 2.49 bits per heavy atom. The zero-order chi connectivity index (χ0) is 31.7. The third-order valence-corrected chi connectivity index (χ3v) is 9.45. The third kappa shape index (κ3) is 6.64. The highest BCUT2D eigenvalue weighted by Gasteiger charge is 2.25. The average molecular weight is 628 g/mol. The van der Waals surface area contributed by atoms with Crippen LogP contribution >= 0.6 is 0 Å². The van der Waals surface area contributed by atoms with Crippen LogP contribution in [-0.4, -0.2) is 47.0 Å². The zero-order valence-electron chi connectivity index (χ0n) is 25.9. The molecule has 4 bridgehead atoms. The van der Waals surface area contributed by atoms with Gasteiger partial charge in [-0.1, -0.05) is 56.3 Å². The van der Waals surface area contributed by atoms with Crippen LogP contribution in [0.5, 0.6) is 5.88 Å². The number of para-hydroxylation sites is 2. The van der Waals surface area contributed by atoms with Gasteiger partial charge in [0.2, 0.25) is 11.8 Å². The summed E-state index contributed by atoms with van der Waals surface area (Å²) in [6.07, 6.45) is 0.805. The molecule has 1 aliphatic heterocycles. The zero-order valence-corrected chi connectivity index (χ0v) is 26.7. The summed E-state index contributed by atoms with van der Waals surface area (Å²) in [4.78, 5) is 24.3. The number of ether oxygens (including phenoxy) is 1. The summed E-state index contributed by atoms with van der Waals surface area (Å²) in [5.41, 5.74) is 5.57. The molecule has 3 aromatic carbocycles. The molecule has 6 rings (SSSR count). The van der Waals surface area contributed by atoms with Gasteiger partial charge in [-0.3, -0.25) is 9.47 Å². The summed E-state index contributed by atoms with van der Waals surface area (Å²) in [5, 5.41) is 0. The van der Waals surface area contributed by atoms with E-state index in [0.29, 0.717) is 43.4 Å². The summed E-state index contributed by atoms with van der Waals surface area (Å²) >= 11 is 0. The molecule has 0 saturated carbocycles. The Balaban J connectivity index is 1.43. The number of hydrogen-bond acceptors (Lipinski definition) is 8. The minimum absolute atomic E-state index is 0.0571. The summed E-state index contributed by atoms with van der Waals surface area (Å²) in [5.74, 6) is 0.148. The van der Waals surface area contributed by atoms with Crippen LogP contribution in [-0.2, 0) is 23.1 Å². The molecular weight excluding hydrogens is 590 g/mol. The lowest BCUT2D eigenvalue weighted by atomic mass is 10.00. The standard InChI is InChI=1S/C34H37N5O5S/c1-22(2)17-26-21-43-31-19-28(32-23(3)9-7-10-24(32)4)35-33(36-31)37-45(41,42)27-12-8-11-25(18-27)20-38(26)15-16-39-29-13-5-6-14-30(29)44-34(39)40/h5-14,18-19,22,26H,15-17,20-21H2,1-4H3,(H,35,36,37)/t26-/m1/s1. The van der Waals surface area contributed by atoms with Crippen molar-refractivity contribution in [3.63, 3.8) is 0 Å². The van der Waals surface area contributed by atoms with Gasteiger partial charge >= 0.3 is 5.76 Å². The summed E-state index contributed by atoms with van der Waals surface area (Å²) in [6, 6.07) is 21.9. The van der Waals surface area contributed by atoms with Crippen molar-refractivity contribution >= 4 is 27.1 Å². The number of benzene rings is 3. The molecule has 11 heteroatoms. The molecule has 3 heterocycles. The van der Waals surface area contributed by atoms with E-state index in [-0.39, 0.29) is 22.8 Å². The Morgan fingerprint density at radius 1 is 0.956 bits per heavy atom. The van der Waals surface area contributed by atoms with Crippen LogP contribution < -0.4 is 15.2 Å². The molecule has 234 valence electrons. The van der Waals surface area contributed by atoms with Gasteiger partial charge < -0.3 is 9.15 Å². The Morgan fingerprint density at radius 2 is 1.71 bits per heavy atom. The maximum atomic E-state index is 13.6. The van der Waals surface area contributed by atoms with Crippen molar-refractivity contribution in [2.45, 2.75) is 58.1 Å². The molecule has 5 aromatic rings. The Kier molecular flexibility index (Phi) is 8.48. The topological polar surface area (TPSA) is 120 Å². The van der Waals surface area contributed by atoms with E-state index in [1.807, 2.05) is 56.3 Å². The van der Waals surface area contributed by atoms with Crippen LogP contribution in [0.4, 0.5) is 5.95 Å². The molecular formula is C34H37N5O5S. The molecule has 0 amide bonds. The lowest BCUT2D eigenvalue weighted by molar-refractivity contribution is 0.105. The number of sulfonamides is 1. The average Bonchev–Trinajstić information content (AvgIpc) is 3.31. The van der Waals surface area contributed by atoms with Crippen molar-refractivity contribution in [3.05, 3.63) is 100 Å². The van der Waals surface area contributed by atoms with Crippen LogP contribution in [0, 0.1) is 19.8 Å². The van der Waals surface area contributed by atoms with Crippen molar-refractivity contribution in [2.24, 2.45) is 5.92 Å². The van der Waals surface area contributed by atoms with E-state index in [2.05, 4.69) is 33.4 Å². The largest absolute Gasteiger partial charge is 0.476 e. The second-order valence-electron chi connectivity index (χ2n) is 12.0. The number of fused-ring (bicyclic) bond motifs is 5. The number of rotatable bonds is 6. The van der Waals surface area contributed by atoms with Gasteiger partial charge in [-0.05, 0) is 67.1 Å². The molecule has 0 unspecified atom stereocenters. The first-order valence-corrected chi connectivity index (χ1v) is 16.6. The predicted octanol–water partition coefficient (Wildman–Crippen LogP) is 5.78. The monoisotopic (exact) mass is 627 g/mol. The van der Waals surface area contributed by atoms with Crippen LogP contribution in [0.15, 0.2) is 86.9 Å². The smallest absolute Gasteiger partial charge is 0.419 e. The lowest BCUT2D eigenvalue weighted by Gasteiger charge is -2.33. The molecule has 1 N–H and O–H groups in total. The van der Waals surface area contributed by atoms with E-state index in [9.17, 15) is 13.2 Å². The van der Waals surface area contributed by atoms with Gasteiger partial charge in [-0.25, -0.2) is 22.9 Å². The first-order chi connectivity index (χ1) is 21.6. The molecule has 2 aromatic heterocycles. The molecule has 1 atom stereocenters. The Hall–Kier alpha value is -4.48. The van der Waals surface area contributed by atoms with E-state index in [1.54, 1.807) is 34.9 Å². The number of nitrogens with zero attached hydrogens (tertiary/aromatic N) is 4. The number of aryl methyl sites for hydroxylation is 2. The van der Waals surface area contributed by atoms with E-state index < -0.39 is 15.8 Å². The lowest BCUT2D eigenvalue weighted by Crippen LogP contribution is -2.42. The molecule has 0 radical (unpaired) electrons. The molecule has 0 spiro atoms. The van der Waals surface area contributed by atoms with Gasteiger partial charge in [-0.15, -0.1) is 0 Å². The number of hydrogen-bond donors (Lipinski definition) is 1. The molecule has 0 saturated heterocycles. The number of nitrogens with one attached hydrogen (secondary N) is 1. The first kappa shape index (κ1) is 30.5. The fourth-order valence-corrected chi connectivity index (χ4v) is 7.02. The van der Waals surface area contributed by atoms with Crippen LogP contribution in [0.3, 0.4) is 0 Å². The first-order valence-electron chi connectivity index (χ1n) is 15.1. The Bertz CT molecular complexity index is 2000. The maximum absolute atomic E-state index is 13.6. The van der Waals surface area contributed by atoms with Crippen molar-refractivity contribution < 1.29 is 17.6 Å². The van der Waals surface area contributed by atoms with Crippen LogP contribution in [0.2, 0.25) is 0 Å². The van der Waals surface area contributed by atoms with E-state index in [1.165, 1.54) is 0 Å². The Labute approximate surface area is 262 Å². The number of aromatic nitrogens is 3. The van der Waals surface area contributed by atoms with Crippen molar-refractivity contribution in [1.82, 2.24) is 19.4 Å². The fraction of sp³-hybridized carbons (Fsp3) is 0.324. The van der Waals surface area contributed by atoms with Gasteiger partial charge in [-0.2, -0.15) is 4.98 Å². The van der Waals surface area contributed by atoms with Gasteiger partial charge in [0.1, 0.15) is 6.61 Å². The highest BCUT2D eigenvalue weighted by Crippen LogP contribution is 2.30. The molecule has 10 nitrogen and oxygen atoms in total. The van der Waals surface area contributed by atoms with E-state index in [4.69, 9.17) is 9.15 Å². The van der Waals surface area contributed by atoms with Crippen LogP contribution in [0.25, 0.3) is 22.4 Å². The van der Waals surface area contributed by atoms with E-state index >= 15 is 0 Å². The number of anilines is 1. The minimum Gasteiger partial charge on any atom is -0.476 e. The number of oxazole rings is 1. The highest BCUT2D eigenvalue weighted by atomic mass is 32.2. The normalized spacial score (nSPS) is 16.8. The summed E-state index contributed by atoms with van der Waals surface area (Å²) in [7, 11) is -4.01. The second kappa shape index (κ2) is 12.5. The van der Waals surface area contributed by atoms with Crippen molar-refractivity contribution in [2.75, 3.05) is 17.9 Å². The van der Waals surface area contributed by atoms with Crippen LogP contribution in [0.1, 0.15) is 37.0 Å². The highest BCUT2D eigenvalue weighted by molar-refractivity contribution is 7.92. The second-order valence-corrected chi connectivity index (χ2v) is 13.7. The third-order valence-electron chi connectivity index (χ3n) is 8.13. The summed E-state index contributed by atoms with van der Waals surface area (Å²) in [6.45, 7) is 9.95. The minimum atomic E-state index is -4.01. The molecule has 1 aliphatic rings. The van der Waals surface area contributed by atoms with Crippen molar-refractivity contribution in [1.29, 1.82) is 0 Å². The van der Waals surface area contributed by atoms with Crippen molar-refractivity contribution in [3.8, 4) is 17.1 Å². The molecule has 0 aliphatic carbocycles. The molecule has 0 fully saturated rings. The maximum Gasteiger partial charge on any atom is 0.419 e. The fourth-order valence-electron chi connectivity index (χ4n) is 6.01. The van der Waals surface area contributed by atoms with Gasteiger partial charge in [0.15, 0.2) is 5.58 Å². The summed E-state index contributed by atoms with van der Waals surface area (Å²) < 4.78 is 43.3. The SMILES string of the molecule is Cc1cccc(C)c1-c1cc2nc(n1)NS(=O)(=O)c1cccc(c1)CN(CCn1c(=O)oc3ccccc31)[C@H](CC(C)C)CO2. The molecule has 45 heavy (non-hydrogen) atoms. The van der Waals surface area contributed by atoms with E-state index in [0.717, 1.165) is 34.2 Å². The van der Waals surface area contributed by atoms with Gasteiger partial charge in [0.05, 0.1) is 16.1 Å². The predicted molar refractivity (Wildman–Crippen MR) is 174 cm³/mol.